The highest BCUT2D eigenvalue weighted by molar-refractivity contribution is 5.85. The molecule has 0 aromatic carbocycles. The molecule has 4 nitrogen and oxygen atoms in total. The molecule has 3 atom stereocenters. The molecule has 4 heteroatoms. The zero-order valence-corrected chi connectivity index (χ0v) is 12.6. The number of rotatable bonds is 5. The highest BCUT2D eigenvalue weighted by atomic mass is 16.8. The van der Waals surface area contributed by atoms with Gasteiger partial charge in [-0.25, -0.2) is 9.90 Å². The van der Waals surface area contributed by atoms with Gasteiger partial charge in [0.15, 0.2) is 6.29 Å². The van der Waals surface area contributed by atoms with Gasteiger partial charge in [-0.15, -0.1) is 0 Å². The lowest BCUT2D eigenvalue weighted by Crippen LogP contribution is -2.64. The van der Waals surface area contributed by atoms with Gasteiger partial charge in [0.2, 0.25) is 0 Å². The third kappa shape index (κ3) is 3.29. The molecule has 0 radical (unpaired) electrons. The molecule has 0 N–H and O–H groups in total. The SMILES string of the molecule is CC(C)CC1C(=O)N(OC2CCCCO2)C1C(C)C. The molecule has 0 spiro atoms. The van der Waals surface area contributed by atoms with Crippen LogP contribution in [0, 0.1) is 17.8 Å². The summed E-state index contributed by atoms with van der Waals surface area (Å²) in [6, 6.07) is 0.209. The number of β-lactam (4-membered cyclic amide) rings is 1. The maximum atomic E-state index is 12.2. The van der Waals surface area contributed by atoms with Crippen molar-refractivity contribution < 1.29 is 14.4 Å². The van der Waals surface area contributed by atoms with Crippen LogP contribution in [0.3, 0.4) is 0 Å². The minimum Gasteiger partial charge on any atom is -0.350 e. The number of carbonyl (C=O) groups is 1. The van der Waals surface area contributed by atoms with Crippen LogP contribution in [0.25, 0.3) is 0 Å². The summed E-state index contributed by atoms with van der Waals surface area (Å²) in [6.07, 6.45) is 3.83. The van der Waals surface area contributed by atoms with Crippen molar-refractivity contribution in [3.8, 4) is 0 Å². The van der Waals surface area contributed by atoms with Crippen molar-refractivity contribution in [2.45, 2.75) is 65.7 Å². The molecular formula is C15H27NO3. The minimum atomic E-state index is -0.223. The van der Waals surface area contributed by atoms with Crippen molar-refractivity contribution in [1.29, 1.82) is 0 Å². The monoisotopic (exact) mass is 269 g/mol. The van der Waals surface area contributed by atoms with E-state index in [9.17, 15) is 4.79 Å². The molecule has 2 rings (SSSR count). The lowest BCUT2D eigenvalue weighted by Gasteiger charge is -2.49. The first kappa shape index (κ1) is 14.8. The highest BCUT2D eigenvalue weighted by Gasteiger charge is 2.50. The second-order valence-corrected chi connectivity index (χ2v) is 6.54. The smallest absolute Gasteiger partial charge is 0.251 e. The Bertz CT molecular complexity index is 311. The summed E-state index contributed by atoms with van der Waals surface area (Å²) >= 11 is 0. The maximum Gasteiger partial charge on any atom is 0.251 e. The Labute approximate surface area is 116 Å². The van der Waals surface area contributed by atoms with Gasteiger partial charge < -0.3 is 4.74 Å². The average molecular weight is 269 g/mol. The predicted octanol–water partition coefficient (Wildman–Crippen LogP) is 2.97. The Morgan fingerprint density at radius 1 is 1.32 bits per heavy atom. The molecule has 0 bridgehead atoms. The van der Waals surface area contributed by atoms with Gasteiger partial charge in [-0.1, -0.05) is 27.7 Å². The van der Waals surface area contributed by atoms with Crippen LogP contribution in [0.2, 0.25) is 0 Å². The number of nitrogens with zero attached hydrogens (tertiary/aromatic N) is 1. The van der Waals surface area contributed by atoms with E-state index in [4.69, 9.17) is 9.57 Å². The minimum absolute atomic E-state index is 0.128. The number of carbonyl (C=O) groups excluding carboxylic acids is 1. The lowest BCUT2D eigenvalue weighted by molar-refractivity contribution is -0.323. The van der Waals surface area contributed by atoms with E-state index in [1.54, 1.807) is 5.06 Å². The second kappa shape index (κ2) is 6.23. The van der Waals surface area contributed by atoms with Gasteiger partial charge in [-0.2, -0.15) is 0 Å². The van der Waals surface area contributed by atoms with Gasteiger partial charge in [-0.05, 0) is 31.1 Å². The molecule has 0 aromatic heterocycles. The molecule has 0 aromatic rings. The number of hydrogen-bond donors (Lipinski definition) is 0. The van der Waals surface area contributed by atoms with Crippen LogP contribution in [-0.2, 0) is 14.4 Å². The molecule has 2 fully saturated rings. The lowest BCUT2D eigenvalue weighted by atomic mass is 9.77. The Morgan fingerprint density at radius 2 is 2.05 bits per heavy atom. The molecule has 0 saturated carbocycles. The fraction of sp³-hybridized carbons (Fsp3) is 0.933. The second-order valence-electron chi connectivity index (χ2n) is 6.54. The number of hydroxylamine groups is 2. The third-order valence-corrected chi connectivity index (χ3v) is 3.99. The molecule has 3 unspecified atom stereocenters. The van der Waals surface area contributed by atoms with Crippen molar-refractivity contribution in [3.63, 3.8) is 0 Å². The Hall–Kier alpha value is -0.610. The van der Waals surface area contributed by atoms with E-state index in [-0.39, 0.29) is 24.2 Å². The Morgan fingerprint density at radius 3 is 2.58 bits per heavy atom. The van der Waals surface area contributed by atoms with E-state index < -0.39 is 0 Å². The first-order valence-electron chi connectivity index (χ1n) is 7.62. The van der Waals surface area contributed by atoms with Crippen molar-refractivity contribution in [1.82, 2.24) is 5.06 Å². The number of amides is 1. The summed E-state index contributed by atoms with van der Waals surface area (Å²) in [5.74, 6) is 1.23. The van der Waals surface area contributed by atoms with Gasteiger partial charge in [0.05, 0.1) is 12.0 Å². The molecule has 1 amide bonds. The summed E-state index contributed by atoms with van der Waals surface area (Å²) in [7, 11) is 0. The highest BCUT2D eigenvalue weighted by Crippen LogP contribution is 2.37. The zero-order chi connectivity index (χ0) is 14.0. The van der Waals surface area contributed by atoms with Crippen LogP contribution in [0.5, 0.6) is 0 Å². The standard InChI is InChI=1S/C15H27NO3/c1-10(2)9-12-14(11(3)4)16(15(12)17)19-13-7-5-6-8-18-13/h10-14H,5-9H2,1-4H3. The first-order valence-corrected chi connectivity index (χ1v) is 7.62. The molecule has 2 saturated heterocycles. The van der Waals surface area contributed by atoms with Crippen LogP contribution in [0.15, 0.2) is 0 Å². The van der Waals surface area contributed by atoms with Crippen molar-refractivity contribution in [2.75, 3.05) is 6.61 Å². The van der Waals surface area contributed by atoms with Gasteiger partial charge >= 0.3 is 0 Å². The fourth-order valence-corrected chi connectivity index (χ4v) is 3.06. The van der Waals surface area contributed by atoms with Crippen molar-refractivity contribution in [3.05, 3.63) is 0 Å². The van der Waals surface area contributed by atoms with Crippen LogP contribution < -0.4 is 0 Å². The summed E-state index contributed by atoms with van der Waals surface area (Å²) in [5.41, 5.74) is 0. The quantitative estimate of drug-likeness (QED) is 0.720. The molecular weight excluding hydrogens is 242 g/mol. The summed E-state index contributed by atoms with van der Waals surface area (Å²) in [5, 5.41) is 1.59. The Balaban J connectivity index is 1.94. The van der Waals surface area contributed by atoms with Crippen LogP contribution in [0.1, 0.15) is 53.4 Å². The zero-order valence-electron chi connectivity index (χ0n) is 12.6. The fourth-order valence-electron chi connectivity index (χ4n) is 3.06. The summed E-state index contributed by atoms with van der Waals surface area (Å²) in [4.78, 5) is 18.0. The van der Waals surface area contributed by atoms with Gasteiger partial charge in [0.1, 0.15) is 0 Å². The third-order valence-electron chi connectivity index (χ3n) is 3.99. The normalized spacial score (nSPS) is 32.0. The van der Waals surface area contributed by atoms with Crippen LogP contribution in [-0.4, -0.2) is 29.9 Å². The van der Waals surface area contributed by atoms with Gasteiger partial charge in [0, 0.05) is 13.0 Å². The average Bonchev–Trinajstić information content (AvgIpc) is 2.37. The Kier molecular flexibility index (Phi) is 4.85. The molecule has 110 valence electrons. The van der Waals surface area contributed by atoms with Crippen LogP contribution >= 0.6 is 0 Å². The van der Waals surface area contributed by atoms with Gasteiger partial charge in [-0.3, -0.25) is 4.79 Å². The topological polar surface area (TPSA) is 38.8 Å². The molecule has 2 aliphatic rings. The molecule has 0 aliphatic carbocycles. The first-order chi connectivity index (χ1) is 9.00. The predicted molar refractivity (Wildman–Crippen MR) is 73.1 cm³/mol. The van der Waals surface area contributed by atoms with E-state index in [0.29, 0.717) is 11.8 Å². The summed E-state index contributed by atoms with van der Waals surface area (Å²) < 4.78 is 5.56. The van der Waals surface area contributed by atoms with Gasteiger partial charge in [0.25, 0.3) is 5.91 Å². The van der Waals surface area contributed by atoms with E-state index >= 15 is 0 Å². The van der Waals surface area contributed by atoms with E-state index in [1.165, 1.54) is 0 Å². The number of hydrogen-bond acceptors (Lipinski definition) is 3. The molecule has 2 aliphatic heterocycles. The van der Waals surface area contributed by atoms with Crippen molar-refractivity contribution in [2.24, 2.45) is 17.8 Å². The molecule has 19 heavy (non-hydrogen) atoms. The maximum absolute atomic E-state index is 12.2. The van der Waals surface area contributed by atoms with E-state index in [2.05, 4.69) is 27.7 Å². The van der Waals surface area contributed by atoms with Crippen molar-refractivity contribution >= 4 is 5.91 Å². The largest absolute Gasteiger partial charge is 0.350 e. The summed E-state index contributed by atoms with van der Waals surface area (Å²) in [6.45, 7) is 9.39. The molecule has 2 heterocycles. The van der Waals surface area contributed by atoms with E-state index in [1.807, 2.05) is 0 Å². The van der Waals surface area contributed by atoms with E-state index in [0.717, 1.165) is 32.3 Å². The van der Waals surface area contributed by atoms with Crippen LogP contribution in [0.4, 0.5) is 0 Å². The number of ether oxygens (including phenoxy) is 1.